The Kier molecular flexibility index (Phi) is 4.82. The highest BCUT2D eigenvalue weighted by Gasteiger charge is 2.17. The van der Waals surface area contributed by atoms with Gasteiger partial charge in [-0.2, -0.15) is 11.2 Å². The second kappa shape index (κ2) is 4.71. The molecule has 0 N–H and O–H groups in total. The summed E-state index contributed by atoms with van der Waals surface area (Å²) in [6.07, 6.45) is 0. The van der Waals surface area contributed by atoms with Gasteiger partial charge in [0, 0.05) is 5.41 Å². The van der Waals surface area contributed by atoms with E-state index >= 15 is 0 Å². The van der Waals surface area contributed by atoms with E-state index < -0.39 is 15.5 Å². The maximum atomic E-state index is 5.83. The summed E-state index contributed by atoms with van der Waals surface area (Å²) in [6.45, 7) is 15.7. The van der Waals surface area contributed by atoms with Crippen LogP contribution in [0.1, 0.15) is 6.92 Å². The summed E-state index contributed by atoms with van der Waals surface area (Å²) in [5, 5.41) is 2.18. The molecule has 0 aromatic rings. The molecule has 78 valence electrons. The summed E-state index contributed by atoms with van der Waals surface area (Å²) < 4.78 is 5.83. The molecule has 0 unspecified atom stereocenters. The van der Waals surface area contributed by atoms with Crippen molar-refractivity contribution in [2.45, 2.75) is 46.2 Å². The van der Waals surface area contributed by atoms with Crippen molar-refractivity contribution in [3.05, 3.63) is 11.2 Å². The zero-order valence-corrected chi connectivity index (χ0v) is 12.7. The molecule has 0 aromatic heterocycles. The highest BCUT2D eigenvalue weighted by atomic mass is 32.4. The average molecular weight is 235 g/mol. The van der Waals surface area contributed by atoms with Gasteiger partial charge >= 0.3 is 0 Å². The van der Waals surface area contributed by atoms with Gasteiger partial charge in [-0.15, -0.1) is 0 Å². The summed E-state index contributed by atoms with van der Waals surface area (Å²) in [7, 11) is -2.40. The van der Waals surface area contributed by atoms with Gasteiger partial charge in [0.1, 0.15) is 7.22 Å². The molecule has 0 amide bonds. The van der Waals surface area contributed by atoms with Crippen LogP contribution in [0.2, 0.25) is 39.3 Å². The molecule has 0 saturated heterocycles. The molecule has 1 nitrogen and oxygen atoms in total. The zero-order valence-electron chi connectivity index (χ0n) is 9.89. The highest BCUT2D eigenvalue weighted by molar-refractivity contribution is 8.30. The Morgan fingerprint density at radius 1 is 1.08 bits per heavy atom. The first kappa shape index (κ1) is 13.3. The summed E-state index contributed by atoms with van der Waals surface area (Å²) in [5.74, 6) is 1.09. The molecule has 0 aliphatic carbocycles. The van der Waals surface area contributed by atoms with E-state index in [4.69, 9.17) is 4.43 Å². The fraction of sp³-hybridized carbons (Fsp3) is 0.778. The van der Waals surface area contributed by atoms with E-state index in [2.05, 4.69) is 51.6 Å². The Morgan fingerprint density at radius 2 is 1.54 bits per heavy atom. The average Bonchev–Trinajstić information content (AvgIpc) is 1.78. The number of rotatable bonds is 4. The SMILES string of the molecule is C/C(=C\S[Si](C)(C)C)O[Si](C)(C)C. The summed E-state index contributed by atoms with van der Waals surface area (Å²) in [4.78, 5) is 0. The number of hydrogen-bond donors (Lipinski definition) is 0. The highest BCUT2D eigenvalue weighted by Crippen LogP contribution is 2.23. The first-order valence-corrected chi connectivity index (χ1v) is 13.1. The van der Waals surface area contributed by atoms with Crippen LogP contribution in [0.4, 0.5) is 0 Å². The largest absolute Gasteiger partial charge is 0.547 e. The van der Waals surface area contributed by atoms with Crippen LogP contribution >= 0.6 is 11.2 Å². The lowest BCUT2D eigenvalue weighted by molar-refractivity contribution is 0.426. The van der Waals surface area contributed by atoms with E-state index in [1.165, 1.54) is 0 Å². The topological polar surface area (TPSA) is 9.23 Å². The van der Waals surface area contributed by atoms with Gasteiger partial charge in [-0.25, -0.2) is 0 Å². The van der Waals surface area contributed by atoms with Crippen molar-refractivity contribution in [1.29, 1.82) is 0 Å². The van der Waals surface area contributed by atoms with Crippen LogP contribution in [0.5, 0.6) is 0 Å². The normalized spacial score (nSPS) is 14.5. The molecule has 0 aliphatic heterocycles. The Hall–Kier alpha value is 0.324. The van der Waals surface area contributed by atoms with Gasteiger partial charge in [0.2, 0.25) is 8.32 Å². The molecule has 0 aliphatic rings. The molecule has 0 radical (unpaired) electrons. The van der Waals surface area contributed by atoms with Gasteiger partial charge in [0.15, 0.2) is 0 Å². The Morgan fingerprint density at radius 3 is 1.85 bits per heavy atom. The van der Waals surface area contributed by atoms with Gasteiger partial charge in [-0.05, 0) is 26.6 Å². The van der Waals surface area contributed by atoms with E-state index in [9.17, 15) is 0 Å². The minimum absolute atomic E-state index is 1.02. The Labute approximate surface area is 88.7 Å². The van der Waals surface area contributed by atoms with Gasteiger partial charge < -0.3 is 4.43 Å². The maximum Gasteiger partial charge on any atom is 0.241 e. The third-order valence-corrected chi connectivity index (χ3v) is 5.61. The van der Waals surface area contributed by atoms with Crippen LogP contribution in [0.3, 0.4) is 0 Å². The van der Waals surface area contributed by atoms with Crippen molar-refractivity contribution >= 4 is 26.8 Å². The molecule has 0 rings (SSSR count). The molecule has 0 bridgehead atoms. The van der Waals surface area contributed by atoms with E-state index in [-0.39, 0.29) is 0 Å². The smallest absolute Gasteiger partial charge is 0.241 e. The molecule has 0 fully saturated rings. The van der Waals surface area contributed by atoms with Gasteiger partial charge in [-0.3, -0.25) is 0 Å². The third kappa shape index (κ3) is 10.2. The molecule has 13 heavy (non-hydrogen) atoms. The Bertz CT molecular complexity index is 189. The Balaban J connectivity index is 4.05. The minimum Gasteiger partial charge on any atom is -0.547 e. The molecular weight excluding hydrogens is 212 g/mol. The van der Waals surface area contributed by atoms with Crippen LogP contribution in [-0.2, 0) is 4.43 Å². The fourth-order valence-electron chi connectivity index (χ4n) is 0.767. The maximum absolute atomic E-state index is 5.83. The van der Waals surface area contributed by atoms with Crippen molar-refractivity contribution in [1.82, 2.24) is 0 Å². The molecule has 0 atom stereocenters. The van der Waals surface area contributed by atoms with Crippen LogP contribution in [0, 0.1) is 0 Å². The van der Waals surface area contributed by atoms with Crippen molar-refractivity contribution in [3.8, 4) is 0 Å². The van der Waals surface area contributed by atoms with E-state index in [0.29, 0.717) is 0 Å². The van der Waals surface area contributed by atoms with E-state index in [1.807, 2.05) is 11.2 Å². The van der Waals surface area contributed by atoms with Crippen molar-refractivity contribution < 1.29 is 4.43 Å². The van der Waals surface area contributed by atoms with Crippen LogP contribution in [0.25, 0.3) is 0 Å². The lowest BCUT2D eigenvalue weighted by atomic mass is 10.7. The molecular formula is C9H22OSSi2. The quantitative estimate of drug-likeness (QED) is 0.531. The lowest BCUT2D eigenvalue weighted by Crippen LogP contribution is -2.24. The van der Waals surface area contributed by atoms with Crippen LogP contribution < -0.4 is 0 Å². The zero-order chi connectivity index (χ0) is 10.7. The molecule has 0 spiro atoms. The predicted octanol–water partition coefficient (Wildman–Crippen LogP) is 4.27. The second-order valence-corrected chi connectivity index (χ2v) is 18.7. The van der Waals surface area contributed by atoms with Crippen molar-refractivity contribution in [2.24, 2.45) is 0 Å². The standard InChI is InChI=1S/C9H22OSSi2/c1-9(10-12(2,3)4)8-11-13(5,6)7/h8H,1-7H3/b9-8+. The third-order valence-electron chi connectivity index (χ3n) is 1.05. The van der Waals surface area contributed by atoms with Crippen molar-refractivity contribution in [2.75, 3.05) is 0 Å². The van der Waals surface area contributed by atoms with Crippen molar-refractivity contribution in [3.63, 3.8) is 0 Å². The summed E-state index contributed by atoms with van der Waals surface area (Å²) in [5.41, 5.74) is 0. The molecule has 0 aromatic carbocycles. The fourth-order valence-corrected chi connectivity index (χ4v) is 4.00. The monoisotopic (exact) mass is 234 g/mol. The molecule has 0 saturated carbocycles. The minimum atomic E-state index is -1.38. The van der Waals surface area contributed by atoms with Gasteiger partial charge in [0.05, 0.1) is 5.76 Å². The summed E-state index contributed by atoms with van der Waals surface area (Å²) in [6, 6.07) is 0. The van der Waals surface area contributed by atoms with Gasteiger partial charge in [-0.1, -0.05) is 19.6 Å². The first-order chi connectivity index (χ1) is 5.60. The predicted molar refractivity (Wildman–Crippen MR) is 69.1 cm³/mol. The van der Waals surface area contributed by atoms with E-state index in [1.54, 1.807) is 0 Å². The number of allylic oxidation sites excluding steroid dienone is 1. The molecule has 4 heteroatoms. The molecule has 0 heterocycles. The lowest BCUT2D eigenvalue weighted by Gasteiger charge is -2.20. The summed E-state index contributed by atoms with van der Waals surface area (Å²) >= 11 is 1.96. The van der Waals surface area contributed by atoms with E-state index in [0.717, 1.165) is 5.76 Å². The number of hydrogen-bond acceptors (Lipinski definition) is 2. The van der Waals surface area contributed by atoms with Crippen LogP contribution in [-0.4, -0.2) is 15.5 Å². The van der Waals surface area contributed by atoms with Crippen LogP contribution in [0.15, 0.2) is 11.2 Å². The second-order valence-electron chi connectivity index (χ2n) is 5.17. The van der Waals surface area contributed by atoms with Gasteiger partial charge in [0.25, 0.3) is 0 Å². The first-order valence-electron chi connectivity index (χ1n) is 4.64.